The Balaban J connectivity index is 3.89. The average molecular weight is 402 g/mol. The molecule has 2 atom stereocenters. The molecule has 2 unspecified atom stereocenters. The number of carbonyl (C=O) groups excluding carboxylic acids is 4. The van der Waals surface area contributed by atoms with Gasteiger partial charge in [0.05, 0.1) is 12.8 Å². The maximum atomic E-state index is 11.5. The first-order valence-electron chi connectivity index (χ1n) is 8.35. The largest absolute Gasteiger partial charge is 0.463 e. The highest BCUT2D eigenvalue weighted by molar-refractivity contribution is 5.87. The number of aliphatic hydroxyl groups excluding tert-OH is 2. The Kier molecular flexibility index (Phi) is 12.1. The molecule has 10 heteroatoms. The number of esters is 4. The first-order chi connectivity index (χ1) is 13.0. The zero-order valence-electron chi connectivity index (χ0n) is 16.0. The molecular weight excluding hydrogens is 376 g/mol. The fraction of sp³-hybridized carbons (Fsp3) is 0.556. The summed E-state index contributed by atoms with van der Waals surface area (Å²) in [4.78, 5) is 45.3. The second kappa shape index (κ2) is 13.4. The fourth-order valence-corrected chi connectivity index (χ4v) is 1.41. The van der Waals surface area contributed by atoms with Crippen LogP contribution in [-0.2, 0) is 38.1 Å². The van der Waals surface area contributed by atoms with Gasteiger partial charge in [0.25, 0.3) is 0 Å². The summed E-state index contributed by atoms with van der Waals surface area (Å²) in [7, 11) is 0. The normalized spacial score (nSPS) is 12.3. The van der Waals surface area contributed by atoms with Crippen molar-refractivity contribution in [1.82, 2.24) is 0 Å². The SMILES string of the molecule is C=C(C)C(=O)OCC(O)COC(=O)CCC(=O)OCC(O)COC(=O)C(=C)C. The zero-order chi connectivity index (χ0) is 21.7. The predicted molar refractivity (Wildman–Crippen MR) is 94.7 cm³/mol. The van der Waals surface area contributed by atoms with Crippen molar-refractivity contribution < 1.29 is 48.3 Å². The Morgan fingerprint density at radius 1 is 0.679 bits per heavy atom. The third-order valence-electron chi connectivity index (χ3n) is 2.92. The van der Waals surface area contributed by atoms with E-state index in [1.807, 2.05) is 0 Å². The number of aliphatic hydroxyl groups is 2. The maximum Gasteiger partial charge on any atom is 0.333 e. The Labute approximate surface area is 162 Å². The van der Waals surface area contributed by atoms with Crippen molar-refractivity contribution in [1.29, 1.82) is 0 Å². The molecule has 0 saturated carbocycles. The standard InChI is InChI=1S/C18H26O10/c1-11(2)17(23)27-9-13(19)7-25-15(21)5-6-16(22)26-8-14(20)10-28-18(24)12(3)4/h13-14,19-20H,1,3,5-10H2,2,4H3. The Morgan fingerprint density at radius 2 is 0.964 bits per heavy atom. The minimum absolute atomic E-state index is 0.168. The third kappa shape index (κ3) is 12.6. The molecule has 0 heterocycles. The van der Waals surface area contributed by atoms with Crippen LogP contribution in [0, 0.1) is 0 Å². The van der Waals surface area contributed by atoms with E-state index in [0.29, 0.717) is 0 Å². The lowest BCUT2D eigenvalue weighted by Crippen LogP contribution is -2.26. The van der Waals surface area contributed by atoms with Gasteiger partial charge in [-0.1, -0.05) is 13.2 Å². The molecule has 0 spiro atoms. The molecule has 2 N–H and O–H groups in total. The maximum absolute atomic E-state index is 11.5. The number of hydrogen-bond acceptors (Lipinski definition) is 10. The molecule has 0 fully saturated rings. The summed E-state index contributed by atoms with van der Waals surface area (Å²) in [6.45, 7) is 8.08. The second-order valence-electron chi connectivity index (χ2n) is 5.93. The summed E-state index contributed by atoms with van der Waals surface area (Å²) in [5, 5.41) is 19.1. The van der Waals surface area contributed by atoms with Crippen molar-refractivity contribution in [3.8, 4) is 0 Å². The molecule has 0 bridgehead atoms. The van der Waals surface area contributed by atoms with Gasteiger partial charge in [0.1, 0.15) is 38.6 Å². The van der Waals surface area contributed by atoms with E-state index < -0.39 is 49.3 Å². The fourth-order valence-electron chi connectivity index (χ4n) is 1.41. The Morgan fingerprint density at radius 3 is 1.25 bits per heavy atom. The van der Waals surface area contributed by atoms with E-state index in [1.54, 1.807) is 0 Å². The average Bonchev–Trinajstić information content (AvgIpc) is 2.64. The van der Waals surface area contributed by atoms with Crippen LogP contribution in [0.25, 0.3) is 0 Å². The molecule has 0 amide bonds. The highest BCUT2D eigenvalue weighted by Gasteiger charge is 2.15. The Hall–Kier alpha value is -2.72. The van der Waals surface area contributed by atoms with Crippen molar-refractivity contribution in [2.75, 3.05) is 26.4 Å². The minimum atomic E-state index is -1.21. The van der Waals surface area contributed by atoms with Gasteiger partial charge in [-0.3, -0.25) is 9.59 Å². The summed E-state index contributed by atoms with van der Waals surface area (Å²) in [6, 6.07) is 0. The number of rotatable bonds is 13. The van der Waals surface area contributed by atoms with E-state index in [0.717, 1.165) is 0 Å². The van der Waals surface area contributed by atoms with E-state index in [1.165, 1.54) is 13.8 Å². The lowest BCUT2D eigenvalue weighted by molar-refractivity contribution is -0.156. The predicted octanol–water partition coefficient (Wildman–Crippen LogP) is -0.187. The number of ether oxygens (including phenoxy) is 4. The molecule has 0 aromatic heterocycles. The van der Waals surface area contributed by atoms with Gasteiger partial charge in [-0.15, -0.1) is 0 Å². The van der Waals surface area contributed by atoms with Gasteiger partial charge in [-0.05, 0) is 13.8 Å². The van der Waals surface area contributed by atoms with Crippen LogP contribution in [0.4, 0.5) is 0 Å². The monoisotopic (exact) mass is 402 g/mol. The molecule has 0 saturated heterocycles. The first-order valence-corrected chi connectivity index (χ1v) is 8.35. The van der Waals surface area contributed by atoms with Crippen LogP contribution in [-0.4, -0.2) is 72.7 Å². The molecule has 10 nitrogen and oxygen atoms in total. The summed E-state index contributed by atoms with van der Waals surface area (Å²) in [5.41, 5.74) is 0.337. The molecule has 158 valence electrons. The molecule has 0 rings (SSSR count). The zero-order valence-corrected chi connectivity index (χ0v) is 16.0. The van der Waals surface area contributed by atoms with Gasteiger partial charge >= 0.3 is 23.9 Å². The molecular formula is C18H26O10. The van der Waals surface area contributed by atoms with E-state index >= 15 is 0 Å². The smallest absolute Gasteiger partial charge is 0.333 e. The molecule has 0 aliphatic carbocycles. The summed E-state index contributed by atoms with van der Waals surface area (Å²) in [6.07, 6.45) is -3.04. The molecule has 0 aromatic carbocycles. The molecule has 0 aromatic rings. The van der Waals surface area contributed by atoms with E-state index in [4.69, 9.17) is 9.47 Å². The van der Waals surface area contributed by atoms with Crippen LogP contribution in [0.1, 0.15) is 26.7 Å². The van der Waals surface area contributed by atoms with Crippen LogP contribution < -0.4 is 0 Å². The van der Waals surface area contributed by atoms with Crippen molar-refractivity contribution in [2.24, 2.45) is 0 Å². The van der Waals surface area contributed by atoms with Gasteiger partial charge in [0, 0.05) is 11.1 Å². The Bertz CT molecular complexity index is 543. The van der Waals surface area contributed by atoms with Crippen molar-refractivity contribution in [3.05, 3.63) is 24.3 Å². The van der Waals surface area contributed by atoms with E-state index in [2.05, 4.69) is 22.6 Å². The van der Waals surface area contributed by atoms with Gasteiger partial charge in [-0.25, -0.2) is 9.59 Å². The molecule has 0 aliphatic heterocycles. The second-order valence-corrected chi connectivity index (χ2v) is 5.93. The third-order valence-corrected chi connectivity index (χ3v) is 2.92. The van der Waals surface area contributed by atoms with Crippen LogP contribution >= 0.6 is 0 Å². The quantitative estimate of drug-likeness (QED) is 0.241. The van der Waals surface area contributed by atoms with Crippen molar-refractivity contribution in [2.45, 2.75) is 38.9 Å². The number of hydrogen-bond donors (Lipinski definition) is 2. The highest BCUT2D eigenvalue weighted by Crippen LogP contribution is 2.01. The topological polar surface area (TPSA) is 146 Å². The van der Waals surface area contributed by atoms with Crippen LogP contribution in [0.15, 0.2) is 24.3 Å². The van der Waals surface area contributed by atoms with Crippen molar-refractivity contribution in [3.63, 3.8) is 0 Å². The summed E-state index contributed by atoms with van der Waals surface area (Å²) in [5.74, 6) is -2.88. The summed E-state index contributed by atoms with van der Waals surface area (Å²) < 4.78 is 18.8. The molecule has 0 radical (unpaired) electrons. The summed E-state index contributed by atoms with van der Waals surface area (Å²) >= 11 is 0. The van der Waals surface area contributed by atoms with E-state index in [9.17, 15) is 29.4 Å². The molecule has 28 heavy (non-hydrogen) atoms. The van der Waals surface area contributed by atoms with Crippen molar-refractivity contribution >= 4 is 23.9 Å². The lowest BCUT2D eigenvalue weighted by atomic mass is 10.3. The molecule has 0 aliphatic rings. The van der Waals surface area contributed by atoms with E-state index in [-0.39, 0.29) is 37.2 Å². The first kappa shape index (κ1) is 25.3. The van der Waals surface area contributed by atoms with Crippen LogP contribution in [0.3, 0.4) is 0 Å². The van der Waals surface area contributed by atoms with Gasteiger partial charge in [0.2, 0.25) is 0 Å². The van der Waals surface area contributed by atoms with Gasteiger partial charge in [-0.2, -0.15) is 0 Å². The van der Waals surface area contributed by atoms with Crippen LogP contribution in [0.5, 0.6) is 0 Å². The van der Waals surface area contributed by atoms with Gasteiger partial charge in [0.15, 0.2) is 0 Å². The highest BCUT2D eigenvalue weighted by atomic mass is 16.6. The minimum Gasteiger partial charge on any atom is -0.463 e. The lowest BCUT2D eigenvalue weighted by Gasteiger charge is -2.13. The van der Waals surface area contributed by atoms with Crippen LogP contribution in [0.2, 0.25) is 0 Å². The van der Waals surface area contributed by atoms with Gasteiger partial charge < -0.3 is 29.2 Å². The number of carbonyl (C=O) groups is 4.